The summed E-state index contributed by atoms with van der Waals surface area (Å²) in [6.07, 6.45) is 1.37. The van der Waals surface area contributed by atoms with Crippen molar-refractivity contribution >= 4 is 17.4 Å². The first-order chi connectivity index (χ1) is 9.97. The van der Waals surface area contributed by atoms with E-state index in [-0.39, 0.29) is 18.7 Å². The van der Waals surface area contributed by atoms with Crippen molar-refractivity contribution in [3.8, 4) is 0 Å². The number of rotatable bonds is 7. The molecule has 0 fully saturated rings. The number of carbonyl (C=O) groups is 1. The monoisotopic (exact) mass is 293 g/mol. The molecule has 0 bridgehead atoms. The molecule has 2 amide bonds. The first-order valence-electron chi connectivity index (χ1n) is 7.49. The Bertz CT molecular complexity index is 449. The molecule has 0 aromatic heterocycles. The minimum Gasteiger partial charge on any atom is -0.396 e. The van der Waals surface area contributed by atoms with Gasteiger partial charge in [-0.05, 0) is 44.9 Å². The van der Waals surface area contributed by atoms with Gasteiger partial charge in [-0.3, -0.25) is 0 Å². The van der Waals surface area contributed by atoms with Gasteiger partial charge in [0, 0.05) is 37.1 Å². The van der Waals surface area contributed by atoms with Gasteiger partial charge in [0.15, 0.2) is 0 Å². The van der Waals surface area contributed by atoms with E-state index in [2.05, 4.69) is 29.4 Å². The Kier molecular flexibility index (Phi) is 7.02. The van der Waals surface area contributed by atoms with E-state index in [0.29, 0.717) is 12.5 Å². The first-order valence-corrected chi connectivity index (χ1v) is 7.49. The molecule has 1 atom stereocenters. The van der Waals surface area contributed by atoms with Gasteiger partial charge in [-0.25, -0.2) is 4.79 Å². The summed E-state index contributed by atoms with van der Waals surface area (Å²) in [5, 5.41) is 14.6. The number of hydrogen-bond donors (Lipinski definition) is 3. The summed E-state index contributed by atoms with van der Waals surface area (Å²) in [5.74, 6) is 0. The molecule has 1 rings (SSSR count). The lowest BCUT2D eigenvalue weighted by Gasteiger charge is -2.24. The van der Waals surface area contributed by atoms with Crippen LogP contribution in [-0.2, 0) is 0 Å². The van der Waals surface area contributed by atoms with Crippen LogP contribution in [0.15, 0.2) is 24.3 Å². The van der Waals surface area contributed by atoms with E-state index in [1.807, 2.05) is 38.2 Å². The van der Waals surface area contributed by atoms with Gasteiger partial charge in [0.1, 0.15) is 0 Å². The summed E-state index contributed by atoms with van der Waals surface area (Å²) < 4.78 is 0. The third kappa shape index (κ3) is 5.63. The number of benzene rings is 1. The lowest BCUT2D eigenvalue weighted by Crippen LogP contribution is -2.38. The van der Waals surface area contributed by atoms with Crippen LogP contribution in [0.5, 0.6) is 0 Å². The van der Waals surface area contributed by atoms with Gasteiger partial charge in [0.25, 0.3) is 0 Å². The molecule has 5 heteroatoms. The highest BCUT2D eigenvalue weighted by Crippen LogP contribution is 2.20. The smallest absolute Gasteiger partial charge is 0.319 e. The lowest BCUT2D eigenvalue weighted by molar-refractivity contribution is 0.237. The van der Waals surface area contributed by atoms with Crippen LogP contribution < -0.4 is 15.5 Å². The van der Waals surface area contributed by atoms with Crippen LogP contribution in [0.2, 0.25) is 0 Å². The normalized spacial score (nSPS) is 12.1. The SMILES string of the molecule is CCC(CCO)NC(=O)Nc1cccc(N(C)C(C)C)c1. The second kappa shape index (κ2) is 8.52. The van der Waals surface area contributed by atoms with Crippen molar-refractivity contribution in [2.75, 3.05) is 23.9 Å². The molecule has 0 aliphatic carbocycles. The minimum atomic E-state index is -0.236. The Morgan fingerprint density at radius 1 is 1.38 bits per heavy atom. The van der Waals surface area contributed by atoms with E-state index in [1.54, 1.807) is 0 Å². The number of nitrogens with zero attached hydrogens (tertiary/aromatic N) is 1. The Hall–Kier alpha value is -1.75. The second-order valence-electron chi connectivity index (χ2n) is 5.47. The third-order valence-corrected chi connectivity index (χ3v) is 3.59. The number of carbonyl (C=O) groups excluding carboxylic acids is 1. The molecule has 118 valence electrons. The summed E-state index contributed by atoms with van der Waals surface area (Å²) in [6.45, 7) is 6.30. The fourth-order valence-electron chi connectivity index (χ4n) is 1.99. The minimum absolute atomic E-state index is 0.00322. The van der Waals surface area contributed by atoms with Crippen LogP contribution >= 0.6 is 0 Å². The summed E-state index contributed by atoms with van der Waals surface area (Å²) in [6, 6.07) is 7.91. The van der Waals surface area contributed by atoms with E-state index < -0.39 is 0 Å². The molecule has 5 nitrogen and oxygen atoms in total. The molecule has 21 heavy (non-hydrogen) atoms. The summed E-state index contributed by atoms with van der Waals surface area (Å²) >= 11 is 0. The zero-order chi connectivity index (χ0) is 15.8. The fourth-order valence-corrected chi connectivity index (χ4v) is 1.99. The van der Waals surface area contributed by atoms with E-state index in [1.165, 1.54) is 0 Å². The van der Waals surface area contributed by atoms with Crippen LogP contribution in [0, 0.1) is 0 Å². The van der Waals surface area contributed by atoms with Crippen molar-refractivity contribution in [3.63, 3.8) is 0 Å². The maximum Gasteiger partial charge on any atom is 0.319 e. The number of nitrogens with one attached hydrogen (secondary N) is 2. The highest BCUT2D eigenvalue weighted by Gasteiger charge is 2.11. The molecule has 1 aromatic rings. The second-order valence-corrected chi connectivity index (χ2v) is 5.47. The molecular formula is C16H27N3O2. The van der Waals surface area contributed by atoms with Gasteiger partial charge in [-0.2, -0.15) is 0 Å². The fraction of sp³-hybridized carbons (Fsp3) is 0.562. The molecule has 0 spiro atoms. The Balaban J connectivity index is 2.66. The number of urea groups is 1. The maximum atomic E-state index is 12.0. The summed E-state index contributed by atoms with van der Waals surface area (Å²) in [5.41, 5.74) is 1.82. The topological polar surface area (TPSA) is 64.6 Å². The van der Waals surface area contributed by atoms with Crippen LogP contribution in [-0.4, -0.2) is 36.9 Å². The number of anilines is 2. The van der Waals surface area contributed by atoms with Crippen molar-refractivity contribution in [1.82, 2.24) is 5.32 Å². The average molecular weight is 293 g/mol. The van der Waals surface area contributed by atoms with E-state index in [9.17, 15) is 4.79 Å². The molecule has 1 unspecified atom stereocenters. The zero-order valence-electron chi connectivity index (χ0n) is 13.4. The maximum absolute atomic E-state index is 12.0. The van der Waals surface area contributed by atoms with Crippen LogP contribution in [0.25, 0.3) is 0 Å². The van der Waals surface area contributed by atoms with Crippen molar-refractivity contribution < 1.29 is 9.90 Å². The molecule has 3 N–H and O–H groups in total. The van der Waals surface area contributed by atoms with E-state index in [4.69, 9.17) is 5.11 Å². The highest BCUT2D eigenvalue weighted by molar-refractivity contribution is 5.90. The van der Waals surface area contributed by atoms with E-state index in [0.717, 1.165) is 17.8 Å². The Morgan fingerprint density at radius 2 is 2.10 bits per heavy atom. The van der Waals surface area contributed by atoms with Crippen molar-refractivity contribution in [2.45, 2.75) is 45.7 Å². The molecule has 0 saturated heterocycles. The first kappa shape index (κ1) is 17.3. The van der Waals surface area contributed by atoms with Gasteiger partial charge < -0.3 is 20.6 Å². The lowest BCUT2D eigenvalue weighted by atomic mass is 10.1. The third-order valence-electron chi connectivity index (χ3n) is 3.59. The largest absolute Gasteiger partial charge is 0.396 e. The van der Waals surface area contributed by atoms with Crippen molar-refractivity contribution in [2.24, 2.45) is 0 Å². The summed E-state index contributed by atoms with van der Waals surface area (Å²) in [4.78, 5) is 14.1. The van der Waals surface area contributed by atoms with Crippen LogP contribution in [0.4, 0.5) is 16.2 Å². The molecule has 0 aliphatic heterocycles. The Morgan fingerprint density at radius 3 is 2.67 bits per heavy atom. The van der Waals surface area contributed by atoms with Gasteiger partial charge in [-0.15, -0.1) is 0 Å². The van der Waals surface area contributed by atoms with Crippen LogP contribution in [0.1, 0.15) is 33.6 Å². The summed E-state index contributed by atoms with van der Waals surface area (Å²) in [7, 11) is 2.03. The predicted octanol–water partition coefficient (Wildman–Crippen LogP) is 2.81. The number of aliphatic hydroxyl groups excluding tert-OH is 1. The number of hydrogen-bond acceptors (Lipinski definition) is 3. The predicted molar refractivity (Wildman–Crippen MR) is 87.9 cm³/mol. The van der Waals surface area contributed by atoms with Gasteiger partial charge >= 0.3 is 6.03 Å². The van der Waals surface area contributed by atoms with Gasteiger partial charge in [-0.1, -0.05) is 13.0 Å². The standard InChI is InChI=1S/C16H27N3O2/c1-5-13(9-10-20)17-16(21)18-14-7-6-8-15(11-14)19(4)12(2)3/h6-8,11-13,20H,5,9-10H2,1-4H3,(H2,17,18,21). The van der Waals surface area contributed by atoms with Gasteiger partial charge in [0.2, 0.25) is 0 Å². The van der Waals surface area contributed by atoms with Crippen LogP contribution in [0.3, 0.4) is 0 Å². The molecule has 0 aliphatic rings. The Labute approximate surface area is 127 Å². The average Bonchev–Trinajstić information content (AvgIpc) is 2.46. The molecule has 1 aromatic carbocycles. The molecule has 0 radical (unpaired) electrons. The molecule has 0 saturated carbocycles. The van der Waals surface area contributed by atoms with Crippen molar-refractivity contribution in [3.05, 3.63) is 24.3 Å². The van der Waals surface area contributed by atoms with Gasteiger partial charge in [0.05, 0.1) is 0 Å². The molecular weight excluding hydrogens is 266 g/mol. The quantitative estimate of drug-likeness (QED) is 0.724. The zero-order valence-corrected chi connectivity index (χ0v) is 13.4. The number of amides is 2. The van der Waals surface area contributed by atoms with E-state index >= 15 is 0 Å². The highest BCUT2D eigenvalue weighted by atomic mass is 16.3. The molecule has 0 heterocycles. The number of aliphatic hydroxyl groups is 1. The van der Waals surface area contributed by atoms with Crippen molar-refractivity contribution in [1.29, 1.82) is 0 Å².